The van der Waals surface area contributed by atoms with E-state index in [0.717, 1.165) is 36.1 Å². The number of hydrogen-bond acceptors (Lipinski definition) is 5. The predicted octanol–water partition coefficient (Wildman–Crippen LogP) is 2.33. The Balaban J connectivity index is 1.27. The van der Waals surface area contributed by atoms with Crippen molar-refractivity contribution in [3.63, 3.8) is 0 Å². The largest absolute Gasteiger partial charge is 0.484 e. The maximum absolute atomic E-state index is 11.9. The first kappa shape index (κ1) is 20.2. The van der Waals surface area contributed by atoms with Gasteiger partial charge in [-0.2, -0.15) is 0 Å². The highest BCUT2D eigenvalue weighted by molar-refractivity contribution is 7.99. The van der Waals surface area contributed by atoms with E-state index in [1.54, 1.807) is 18.0 Å². The van der Waals surface area contributed by atoms with E-state index in [4.69, 9.17) is 4.74 Å². The Morgan fingerprint density at radius 3 is 2.64 bits per heavy atom. The summed E-state index contributed by atoms with van der Waals surface area (Å²) in [5.74, 6) is 1.85. The number of nitrogens with one attached hydrogen (secondary N) is 2. The number of pyridine rings is 1. The number of ether oxygens (including phenoxy) is 1. The Morgan fingerprint density at radius 2 is 1.93 bits per heavy atom. The van der Waals surface area contributed by atoms with E-state index >= 15 is 0 Å². The normalized spacial score (nSPS) is 13.0. The maximum Gasteiger partial charge on any atom is 0.258 e. The van der Waals surface area contributed by atoms with Crippen LogP contribution in [0, 0.1) is 0 Å². The van der Waals surface area contributed by atoms with Gasteiger partial charge in [-0.05, 0) is 48.6 Å². The molecule has 1 saturated carbocycles. The molecule has 1 aromatic heterocycles. The molecule has 1 fully saturated rings. The minimum absolute atomic E-state index is 0.0375. The lowest BCUT2D eigenvalue weighted by Gasteiger charge is -2.08. The molecule has 1 aliphatic rings. The van der Waals surface area contributed by atoms with Crippen molar-refractivity contribution in [2.45, 2.75) is 31.1 Å². The molecule has 2 amide bonds. The van der Waals surface area contributed by atoms with Crippen LogP contribution < -0.4 is 15.4 Å². The minimum atomic E-state index is -0.0734. The van der Waals surface area contributed by atoms with E-state index in [-0.39, 0.29) is 18.4 Å². The van der Waals surface area contributed by atoms with Gasteiger partial charge in [0.2, 0.25) is 5.91 Å². The monoisotopic (exact) mass is 399 g/mol. The van der Waals surface area contributed by atoms with Gasteiger partial charge in [-0.15, -0.1) is 11.8 Å². The van der Waals surface area contributed by atoms with Gasteiger partial charge in [-0.3, -0.25) is 14.6 Å². The number of rotatable bonds is 11. The van der Waals surface area contributed by atoms with Crippen LogP contribution >= 0.6 is 11.8 Å². The van der Waals surface area contributed by atoms with Crippen LogP contribution in [-0.2, 0) is 21.8 Å². The van der Waals surface area contributed by atoms with Crippen LogP contribution in [0.1, 0.15) is 24.0 Å². The quantitative estimate of drug-likeness (QED) is 0.606. The molecule has 148 valence electrons. The van der Waals surface area contributed by atoms with E-state index in [2.05, 4.69) is 15.6 Å². The third-order valence-corrected chi connectivity index (χ3v) is 5.20. The zero-order valence-corrected chi connectivity index (χ0v) is 16.5. The summed E-state index contributed by atoms with van der Waals surface area (Å²) in [7, 11) is 0. The number of nitrogens with zero attached hydrogens (tertiary/aromatic N) is 1. The Labute approximate surface area is 169 Å². The summed E-state index contributed by atoms with van der Waals surface area (Å²) >= 11 is 1.58. The van der Waals surface area contributed by atoms with Crippen LogP contribution in [0.25, 0.3) is 0 Å². The first-order valence-corrected chi connectivity index (χ1v) is 10.6. The fourth-order valence-electron chi connectivity index (χ4n) is 2.54. The van der Waals surface area contributed by atoms with Crippen LogP contribution in [0.5, 0.6) is 5.75 Å². The molecule has 2 aromatic rings. The summed E-state index contributed by atoms with van der Waals surface area (Å²) < 4.78 is 5.49. The highest BCUT2D eigenvalue weighted by Gasteiger charge is 2.23. The lowest BCUT2D eigenvalue weighted by Crippen LogP contribution is -2.30. The van der Waals surface area contributed by atoms with Gasteiger partial charge in [0.1, 0.15) is 5.75 Å². The highest BCUT2D eigenvalue weighted by atomic mass is 32.2. The number of carbonyl (C=O) groups is 2. The predicted molar refractivity (Wildman–Crippen MR) is 110 cm³/mol. The maximum atomic E-state index is 11.9. The molecule has 0 unspecified atom stereocenters. The summed E-state index contributed by atoms with van der Waals surface area (Å²) in [4.78, 5) is 27.6. The third kappa shape index (κ3) is 7.60. The number of hydrogen-bond donors (Lipinski definition) is 2. The number of benzene rings is 1. The highest BCUT2D eigenvalue weighted by Crippen LogP contribution is 2.18. The fourth-order valence-corrected chi connectivity index (χ4v) is 3.34. The molecular weight excluding hydrogens is 374 g/mol. The summed E-state index contributed by atoms with van der Waals surface area (Å²) in [5.41, 5.74) is 2.23. The molecule has 1 heterocycles. The molecule has 0 atom stereocenters. The first-order chi connectivity index (χ1) is 13.7. The van der Waals surface area contributed by atoms with Crippen molar-refractivity contribution in [3.05, 3.63) is 59.9 Å². The average molecular weight is 400 g/mol. The van der Waals surface area contributed by atoms with E-state index in [9.17, 15) is 9.59 Å². The van der Waals surface area contributed by atoms with E-state index in [1.165, 1.54) is 0 Å². The zero-order valence-electron chi connectivity index (χ0n) is 15.7. The molecule has 1 aliphatic carbocycles. The van der Waals surface area contributed by atoms with Gasteiger partial charge in [0.25, 0.3) is 5.91 Å². The first-order valence-electron chi connectivity index (χ1n) is 9.43. The van der Waals surface area contributed by atoms with Gasteiger partial charge in [-0.1, -0.05) is 18.2 Å². The van der Waals surface area contributed by atoms with Gasteiger partial charge in [0, 0.05) is 30.7 Å². The molecule has 0 aliphatic heterocycles. The molecule has 3 rings (SSSR count). The summed E-state index contributed by atoms with van der Waals surface area (Å²) in [5, 5.41) is 5.83. The van der Waals surface area contributed by atoms with Crippen molar-refractivity contribution < 1.29 is 14.3 Å². The second-order valence-corrected chi connectivity index (χ2v) is 7.71. The van der Waals surface area contributed by atoms with Crippen molar-refractivity contribution in [3.8, 4) is 5.75 Å². The topological polar surface area (TPSA) is 80.3 Å². The third-order valence-electron chi connectivity index (χ3n) is 4.20. The zero-order chi connectivity index (χ0) is 19.6. The number of thioether (sulfide) groups is 1. The van der Waals surface area contributed by atoms with Crippen molar-refractivity contribution in [1.82, 2.24) is 15.6 Å². The number of amides is 2. The fraction of sp³-hybridized carbons (Fsp3) is 0.381. The van der Waals surface area contributed by atoms with E-state index in [0.29, 0.717) is 24.1 Å². The number of carbonyl (C=O) groups excluding carboxylic acids is 2. The summed E-state index contributed by atoms with van der Waals surface area (Å²) in [6.07, 6.45) is 6.45. The Bertz CT molecular complexity index is 764. The molecule has 28 heavy (non-hydrogen) atoms. The van der Waals surface area contributed by atoms with Gasteiger partial charge in [0.15, 0.2) is 6.61 Å². The van der Waals surface area contributed by atoms with Crippen LogP contribution in [-0.4, -0.2) is 41.7 Å². The minimum Gasteiger partial charge on any atom is -0.484 e. The molecule has 0 spiro atoms. The van der Waals surface area contributed by atoms with Gasteiger partial charge in [-0.25, -0.2) is 0 Å². The molecule has 2 N–H and O–H groups in total. The Hall–Kier alpha value is -2.54. The average Bonchev–Trinajstić information content (AvgIpc) is 3.52. The summed E-state index contributed by atoms with van der Waals surface area (Å²) in [6.45, 7) is 0.638. The van der Waals surface area contributed by atoms with Gasteiger partial charge < -0.3 is 15.4 Å². The lowest BCUT2D eigenvalue weighted by atomic mass is 10.1. The smallest absolute Gasteiger partial charge is 0.258 e. The van der Waals surface area contributed by atoms with Crippen molar-refractivity contribution >= 4 is 23.6 Å². The van der Waals surface area contributed by atoms with Gasteiger partial charge >= 0.3 is 0 Å². The second kappa shape index (κ2) is 10.7. The van der Waals surface area contributed by atoms with E-state index < -0.39 is 0 Å². The van der Waals surface area contributed by atoms with Crippen LogP contribution in [0.4, 0.5) is 0 Å². The lowest BCUT2D eigenvalue weighted by molar-refractivity contribution is -0.123. The second-order valence-electron chi connectivity index (χ2n) is 6.73. The molecule has 7 heteroatoms. The molecule has 1 aromatic carbocycles. The molecule has 0 saturated heterocycles. The van der Waals surface area contributed by atoms with Crippen LogP contribution in [0.2, 0.25) is 0 Å². The van der Waals surface area contributed by atoms with Crippen molar-refractivity contribution in [2.24, 2.45) is 0 Å². The molecule has 0 radical (unpaired) electrons. The standard InChI is InChI=1S/C21H25N3O3S/c25-20(24-18-5-6-18)13-27-19-7-3-16(4-8-19)9-11-23-21(26)15-28-14-17-2-1-10-22-12-17/h1-4,7-8,10,12,18H,5-6,9,11,13-15H2,(H,23,26)(H,24,25). The molecule has 6 nitrogen and oxygen atoms in total. The molecule has 0 bridgehead atoms. The number of aromatic nitrogens is 1. The van der Waals surface area contributed by atoms with Crippen LogP contribution in [0.15, 0.2) is 48.8 Å². The van der Waals surface area contributed by atoms with Crippen LogP contribution in [0.3, 0.4) is 0 Å². The molecular formula is C21H25N3O3S. The van der Waals surface area contributed by atoms with Crippen molar-refractivity contribution in [2.75, 3.05) is 18.9 Å². The Morgan fingerprint density at radius 1 is 1.11 bits per heavy atom. The Kier molecular flexibility index (Phi) is 7.72. The summed E-state index contributed by atoms with van der Waals surface area (Å²) in [6, 6.07) is 11.9. The van der Waals surface area contributed by atoms with E-state index in [1.807, 2.05) is 42.6 Å². The van der Waals surface area contributed by atoms with Gasteiger partial charge in [0.05, 0.1) is 5.75 Å². The van der Waals surface area contributed by atoms with Crippen molar-refractivity contribution in [1.29, 1.82) is 0 Å². The SMILES string of the molecule is O=C(CSCc1cccnc1)NCCc1ccc(OCC(=O)NC2CC2)cc1.